The standard InChI is InChI=1S/C12H24N2O/c1-9-5-6-13-8-10(9)14-11(15)7-12(2,3)4/h9-10,13H,5-8H2,1-4H3,(H,14,15). The summed E-state index contributed by atoms with van der Waals surface area (Å²) < 4.78 is 0. The molecule has 0 aromatic carbocycles. The molecule has 0 radical (unpaired) electrons. The molecule has 0 saturated carbocycles. The van der Waals surface area contributed by atoms with Crippen LogP contribution in [0.3, 0.4) is 0 Å². The molecule has 3 nitrogen and oxygen atoms in total. The highest BCUT2D eigenvalue weighted by molar-refractivity contribution is 5.76. The molecule has 1 fully saturated rings. The van der Waals surface area contributed by atoms with Crippen LogP contribution in [-0.4, -0.2) is 25.0 Å². The molecule has 1 aliphatic rings. The van der Waals surface area contributed by atoms with Gasteiger partial charge in [-0.25, -0.2) is 0 Å². The summed E-state index contributed by atoms with van der Waals surface area (Å²) in [6.07, 6.45) is 1.76. The van der Waals surface area contributed by atoms with E-state index < -0.39 is 0 Å². The molecular formula is C12H24N2O. The van der Waals surface area contributed by atoms with Crippen molar-refractivity contribution >= 4 is 5.91 Å². The highest BCUT2D eigenvalue weighted by Crippen LogP contribution is 2.19. The Morgan fingerprint density at radius 1 is 1.47 bits per heavy atom. The van der Waals surface area contributed by atoms with E-state index in [2.05, 4.69) is 38.3 Å². The molecular weight excluding hydrogens is 188 g/mol. The maximum atomic E-state index is 11.7. The predicted molar refractivity (Wildman–Crippen MR) is 62.7 cm³/mol. The lowest BCUT2D eigenvalue weighted by Crippen LogP contribution is -2.50. The molecule has 0 aromatic rings. The summed E-state index contributed by atoms with van der Waals surface area (Å²) in [5.74, 6) is 0.776. The van der Waals surface area contributed by atoms with Crippen molar-refractivity contribution in [1.82, 2.24) is 10.6 Å². The maximum absolute atomic E-state index is 11.7. The van der Waals surface area contributed by atoms with Crippen molar-refractivity contribution in [2.75, 3.05) is 13.1 Å². The summed E-state index contributed by atoms with van der Waals surface area (Å²) >= 11 is 0. The zero-order chi connectivity index (χ0) is 11.5. The molecule has 0 spiro atoms. The molecule has 0 aromatic heterocycles. The molecule has 1 heterocycles. The minimum Gasteiger partial charge on any atom is -0.352 e. The summed E-state index contributed by atoms with van der Waals surface area (Å²) in [5, 5.41) is 6.44. The normalized spacial score (nSPS) is 27.5. The Bertz CT molecular complexity index is 220. The smallest absolute Gasteiger partial charge is 0.220 e. The summed E-state index contributed by atoms with van der Waals surface area (Å²) in [7, 11) is 0. The lowest BCUT2D eigenvalue weighted by atomic mass is 9.90. The van der Waals surface area contributed by atoms with E-state index in [1.54, 1.807) is 0 Å². The zero-order valence-corrected chi connectivity index (χ0v) is 10.4. The first-order valence-electron chi connectivity index (χ1n) is 5.88. The third-order valence-corrected chi connectivity index (χ3v) is 2.86. The van der Waals surface area contributed by atoms with Crippen LogP contribution in [0.2, 0.25) is 0 Å². The second-order valence-corrected chi connectivity index (χ2v) is 5.88. The molecule has 1 amide bonds. The van der Waals surface area contributed by atoms with Crippen molar-refractivity contribution in [3.05, 3.63) is 0 Å². The van der Waals surface area contributed by atoms with Gasteiger partial charge in [0, 0.05) is 19.0 Å². The average Bonchev–Trinajstić information content (AvgIpc) is 2.05. The summed E-state index contributed by atoms with van der Waals surface area (Å²) in [4.78, 5) is 11.7. The fourth-order valence-electron chi connectivity index (χ4n) is 1.92. The van der Waals surface area contributed by atoms with Crippen molar-refractivity contribution in [1.29, 1.82) is 0 Å². The van der Waals surface area contributed by atoms with Crippen molar-refractivity contribution < 1.29 is 4.79 Å². The molecule has 1 saturated heterocycles. The Kier molecular flexibility index (Phi) is 4.14. The third-order valence-electron chi connectivity index (χ3n) is 2.86. The largest absolute Gasteiger partial charge is 0.352 e. The number of rotatable bonds is 2. The summed E-state index contributed by atoms with van der Waals surface area (Å²) in [6.45, 7) is 10.5. The van der Waals surface area contributed by atoms with E-state index in [0.29, 0.717) is 18.4 Å². The molecule has 1 rings (SSSR count). The number of amides is 1. The van der Waals surface area contributed by atoms with Gasteiger partial charge in [-0.05, 0) is 24.3 Å². The van der Waals surface area contributed by atoms with Crippen molar-refractivity contribution in [2.24, 2.45) is 11.3 Å². The molecule has 2 atom stereocenters. The Labute approximate surface area is 93.0 Å². The van der Waals surface area contributed by atoms with Gasteiger partial charge >= 0.3 is 0 Å². The number of hydrogen-bond acceptors (Lipinski definition) is 2. The second-order valence-electron chi connectivity index (χ2n) is 5.88. The van der Waals surface area contributed by atoms with Crippen LogP contribution >= 0.6 is 0 Å². The summed E-state index contributed by atoms with van der Waals surface area (Å²) in [6, 6.07) is 0.314. The van der Waals surface area contributed by atoms with Gasteiger partial charge in [-0.1, -0.05) is 27.7 Å². The third kappa shape index (κ3) is 4.65. The van der Waals surface area contributed by atoms with E-state index in [-0.39, 0.29) is 11.3 Å². The van der Waals surface area contributed by atoms with Gasteiger partial charge in [-0.3, -0.25) is 4.79 Å². The van der Waals surface area contributed by atoms with Crippen LogP contribution in [0.25, 0.3) is 0 Å². The Balaban J connectivity index is 2.36. The summed E-state index contributed by atoms with van der Waals surface area (Å²) in [5.41, 5.74) is 0.0788. The second kappa shape index (κ2) is 4.97. The lowest BCUT2D eigenvalue weighted by molar-refractivity contribution is -0.124. The van der Waals surface area contributed by atoms with Gasteiger partial charge in [0.25, 0.3) is 0 Å². The molecule has 2 N–H and O–H groups in total. The van der Waals surface area contributed by atoms with E-state index in [9.17, 15) is 4.79 Å². The fourth-order valence-corrected chi connectivity index (χ4v) is 1.92. The van der Waals surface area contributed by atoms with Crippen molar-refractivity contribution in [3.63, 3.8) is 0 Å². The number of nitrogens with one attached hydrogen (secondary N) is 2. The SMILES string of the molecule is CC1CCNCC1NC(=O)CC(C)(C)C. The van der Waals surface area contributed by atoms with E-state index in [4.69, 9.17) is 0 Å². The Morgan fingerprint density at radius 2 is 2.13 bits per heavy atom. The van der Waals surface area contributed by atoms with Crippen LogP contribution in [0.4, 0.5) is 0 Å². The predicted octanol–water partition coefficient (Wildman–Crippen LogP) is 1.54. The molecule has 88 valence electrons. The molecule has 0 bridgehead atoms. The molecule has 0 aliphatic carbocycles. The van der Waals surface area contributed by atoms with Crippen LogP contribution in [-0.2, 0) is 4.79 Å². The van der Waals surface area contributed by atoms with Crippen molar-refractivity contribution in [3.8, 4) is 0 Å². The van der Waals surface area contributed by atoms with Gasteiger partial charge in [0.15, 0.2) is 0 Å². The van der Waals surface area contributed by atoms with Crippen LogP contribution in [0.15, 0.2) is 0 Å². The minimum absolute atomic E-state index is 0.0788. The first-order valence-corrected chi connectivity index (χ1v) is 5.88. The van der Waals surface area contributed by atoms with Gasteiger partial charge in [-0.2, -0.15) is 0 Å². The number of piperidine rings is 1. The van der Waals surface area contributed by atoms with Crippen molar-refractivity contribution in [2.45, 2.75) is 46.6 Å². The molecule has 1 aliphatic heterocycles. The maximum Gasteiger partial charge on any atom is 0.220 e. The topological polar surface area (TPSA) is 41.1 Å². The van der Waals surface area contributed by atoms with Crippen LogP contribution in [0.5, 0.6) is 0 Å². The quantitative estimate of drug-likeness (QED) is 0.729. The first kappa shape index (κ1) is 12.5. The minimum atomic E-state index is 0.0788. The van der Waals surface area contributed by atoms with Gasteiger partial charge in [-0.15, -0.1) is 0 Å². The van der Waals surface area contributed by atoms with Crippen LogP contribution in [0.1, 0.15) is 40.5 Å². The molecule has 2 unspecified atom stereocenters. The number of carbonyl (C=O) groups excluding carboxylic acids is 1. The lowest BCUT2D eigenvalue weighted by Gasteiger charge is -2.31. The highest BCUT2D eigenvalue weighted by Gasteiger charge is 2.24. The van der Waals surface area contributed by atoms with Gasteiger partial charge < -0.3 is 10.6 Å². The van der Waals surface area contributed by atoms with E-state index >= 15 is 0 Å². The fraction of sp³-hybridized carbons (Fsp3) is 0.917. The Morgan fingerprint density at radius 3 is 2.67 bits per heavy atom. The monoisotopic (exact) mass is 212 g/mol. The highest BCUT2D eigenvalue weighted by atomic mass is 16.1. The Hall–Kier alpha value is -0.570. The van der Waals surface area contributed by atoms with Gasteiger partial charge in [0.1, 0.15) is 0 Å². The van der Waals surface area contributed by atoms with Gasteiger partial charge in [0.2, 0.25) is 5.91 Å². The molecule has 15 heavy (non-hydrogen) atoms. The van der Waals surface area contributed by atoms with E-state index in [1.165, 1.54) is 0 Å². The number of carbonyl (C=O) groups is 1. The average molecular weight is 212 g/mol. The number of hydrogen-bond donors (Lipinski definition) is 2. The zero-order valence-electron chi connectivity index (χ0n) is 10.4. The van der Waals surface area contributed by atoms with Gasteiger partial charge in [0.05, 0.1) is 0 Å². The van der Waals surface area contributed by atoms with E-state index in [0.717, 1.165) is 19.5 Å². The first-order chi connectivity index (χ1) is 6.88. The van der Waals surface area contributed by atoms with Crippen LogP contribution in [0, 0.1) is 11.3 Å². The van der Waals surface area contributed by atoms with E-state index in [1.807, 2.05) is 0 Å². The molecule has 3 heteroatoms. The van der Waals surface area contributed by atoms with Crippen LogP contribution < -0.4 is 10.6 Å².